The molecule has 0 radical (unpaired) electrons. The zero-order chi connectivity index (χ0) is 22.1. The summed E-state index contributed by atoms with van der Waals surface area (Å²) in [6.45, 7) is 2.30. The lowest BCUT2D eigenvalue weighted by Crippen LogP contribution is -2.55. The van der Waals surface area contributed by atoms with Crippen LogP contribution in [0.4, 0.5) is 4.79 Å². The van der Waals surface area contributed by atoms with Crippen LogP contribution in [0.15, 0.2) is 18.2 Å². The van der Waals surface area contributed by atoms with Crippen molar-refractivity contribution in [3.05, 3.63) is 23.8 Å². The Hall–Kier alpha value is -2.03. The molecule has 8 heteroatoms. The van der Waals surface area contributed by atoms with Crippen LogP contribution in [0.5, 0.6) is 11.5 Å². The summed E-state index contributed by atoms with van der Waals surface area (Å²) in [6.07, 6.45) is 5.82. The first-order valence-electron chi connectivity index (χ1n) is 11.7. The molecule has 174 valence electrons. The van der Waals surface area contributed by atoms with Gasteiger partial charge in [-0.25, -0.2) is 4.79 Å². The molecule has 5 atom stereocenters. The topological polar surface area (TPSA) is 75.7 Å². The molecule has 6 rings (SSSR count). The summed E-state index contributed by atoms with van der Waals surface area (Å²) in [5.41, 5.74) is -0.736. The Morgan fingerprint density at radius 2 is 1.62 bits per heavy atom. The molecule has 0 aromatic heterocycles. The maximum absolute atomic E-state index is 13.1. The molecule has 2 aliphatic carbocycles. The molecule has 3 saturated heterocycles. The van der Waals surface area contributed by atoms with Crippen molar-refractivity contribution in [1.82, 2.24) is 4.90 Å². The second-order valence-electron chi connectivity index (χ2n) is 9.93. The fourth-order valence-electron chi connectivity index (χ4n) is 6.47. The van der Waals surface area contributed by atoms with Gasteiger partial charge in [-0.15, -0.1) is 0 Å². The first-order chi connectivity index (χ1) is 15.4. The zero-order valence-electron chi connectivity index (χ0n) is 18.9. The molecule has 1 amide bonds. The minimum absolute atomic E-state index is 0.112. The summed E-state index contributed by atoms with van der Waals surface area (Å²) in [4.78, 5) is 14.8. The first kappa shape index (κ1) is 20.6. The molecule has 1 aromatic rings. The van der Waals surface area contributed by atoms with Gasteiger partial charge < -0.3 is 28.4 Å². The number of fused-ring (bicyclic) bond motifs is 3. The van der Waals surface area contributed by atoms with Crippen molar-refractivity contribution in [2.75, 3.05) is 14.2 Å². The average Bonchev–Trinajstić information content (AvgIpc) is 3.31. The van der Waals surface area contributed by atoms with Crippen molar-refractivity contribution in [3.8, 4) is 11.5 Å². The molecular weight excluding hydrogens is 414 g/mol. The predicted molar refractivity (Wildman–Crippen MR) is 112 cm³/mol. The molecular formula is C24H31NO7. The zero-order valence-corrected chi connectivity index (χ0v) is 18.9. The van der Waals surface area contributed by atoms with Crippen LogP contribution < -0.4 is 9.47 Å². The third-order valence-electron chi connectivity index (χ3n) is 8.12. The number of carbonyl (C=O) groups is 1. The molecule has 3 heterocycles. The number of rotatable bonds is 4. The van der Waals surface area contributed by atoms with Gasteiger partial charge >= 0.3 is 6.09 Å². The van der Waals surface area contributed by atoms with Gasteiger partial charge in [-0.2, -0.15) is 0 Å². The van der Waals surface area contributed by atoms with Crippen LogP contribution in [0.2, 0.25) is 0 Å². The maximum Gasteiger partial charge on any atom is 0.413 e. The number of amides is 1. The van der Waals surface area contributed by atoms with Crippen LogP contribution in [0.3, 0.4) is 0 Å². The van der Waals surface area contributed by atoms with Crippen molar-refractivity contribution in [3.63, 3.8) is 0 Å². The first-order valence-corrected chi connectivity index (χ1v) is 11.7. The second-order valence-corrected chi connectivity index (χ2v) is 9.93. The highest BCUT2D eigenvalue weighted by atomic mass is 16.8. The molecule has 2 spiro atoms. The van der Waals surface area contributed by atoms with Gasteiger partial charge in [0.25, 0.3) is 0 Å². The molecule has 2 bridgehead atoms. The number of ether oxygens (including phenoxy) is 6. The number of nitrogens with zero attached hydrogens (tertiary/aromatic N) is 1. The highest BCUT2D eigenvalue weighted by molar-refractivity contribution is 5.73. The van der Waals surface area contributed by atoms with E-state index in [4.69, 9.17) is 28.4 Å². The Balaban J connectivity index is 1.27. The SMILES string of the molecule is COc1cc(CN2C(=O)O[C@@]34C[C@H]5OC6(CCCCC6)O[C@H]5[C@@H](C3)O[C@@]24C)cc(OC)c1. The maximum atomic E-state index is 13.1. The van der Waals surface area contributed by atoms with Crippen molar-refractivity contribution < 1.29 is 33.2 Å². The third-order valence-corrected chi connectivity index (χ3v) is 8.12. The van der Waals surface area contributed by atoms with Gasteiger partial charge in [-0.3, -0.25) is 4.90 Å². The van der Waals surface area contributed by atoms with Crippen LogP contribution in [-0.4, -0.2) is 60.6 Å². The minimum atomic E-state index is -0.887. The van der Waals surface area contributed by atoms with Gasteiger partial charge in [0, 0.05) is 31.7 Å². The van der Waals surface area contributed by atoms with Crippen molar-refractivity contribution in [2.45, 2.75) is 93.8 Å². The van der Waals surface area contributed by atoms with Gasteiger partial charge in [0.05, 0.1) is 33.0 Å². The van der Waals surface area contributed by atoms with Crippen molar-refractivity contribution in [2.24, 2.45) is 0 Å². The summed E-state index contributed by atoms with van der Waals surface area (Å²) < 4.78 is 36.6. The van der Waals surface area contributed by atoms with Crippen LogP contribution in [-0.2, 0) is 25.5 Å². The Bertz CT molecular complexity index is 909. The summed E-state index contributed by atoms with van der Waals surface area (Å²) in [5, 5.41) is 0. The van der Waals surface area contributed by atoms with E-state index >= 15 is 0 Å². The Morgan fingerprint density at radius 3 is 2.28 bits per heavy atom. The lowest BCUT2D eigenvalue weighted by atomic mass is 9.77. The fourth-order valence-corrected chi connectivity index (χ4v) is 6.47. The van der Waals surface area contributed by atoms with E-state index in [1.165, 1.54) is 6.42 Å². The molecule has 0 unspecified atom stereocenters. The highest BCUT2D eigenvalue weighted by Gasteiger charge is 2.75. The van der Waals surface area contributed by atoms with E-state index in [0.29, 0.717) is 30.9 Å². The number of benzene rings is 1. The van der Waals surface area contributed by atoms with Gasteiger partial charge in [0.15, 0.2) is 17.1 Å². The highest BCUT2D eigenvalue weighted by Crippen LogP contribution is 2.60. The van der Waals surface area contributed by atoms with E-state index in [1.54, 1.807) is 19.1 Å². The lowest BCUT2D eigenvalue weighted by molar-refractivity contribution is -0.217. The lowest BCUT2D eigenvalue weighted by Gasteiger charge is -2.38. The smallest absolute Gasteiger partial charge is 0.413 e. The van der Waals surface area contributed by atoms with E-state index < -0.39 is 17.1 Å². The van der Waals surface area contributed by atoms with E-state index in [-0.39, 0.29) is 24.4 Å². The molecule has 32 heavy (non-hydrogen) atoms. The molecule has 3 aliphatic heterocycles. The predicted octanol–water partition coefficient (Wildman–Crippen LogP) is 3.75. The second kappa shape index (κ2) is 6.98. The standard InChI is InChI=1S/C24H31NO7/c1-22-23(32-21(26)25(22)14-15-9-16(27-2)11-17(10-15)28-3)12-18(29-22)20-19(13-23)30-24(31-20)7-5-4-6-8-24/h9-11,18-20H,4-8,12-14H2,1-3H3/t18-,19-,20+,22-,23-/m1/s1. The Kier molecular flexibility index (Phi) is 4.49. The van der Waals surface area contributed by atoms with E-state index in [2.05, 4.69) is 0 Å². The average molecular weight is 446 g/mol. The molecule has 8 nitrogen and oxygen atoms in total. The monoisotopic (exact) mass is 445 g/mol. The van der Waals surface area contributed by atoms with Crippen molar-refractivity contribution in [1.29, 1.82) is 0 Å². The van der Waals surface area contributed by atoms with Crippen LogP contribution in [0, 0.1) is 0 Å². The fraction of sp³-hybridized carbons (Fsp3) is 0.708. The third kappa shape index (κ3) is 2.82. The quantitative estimate of drug-likeness (QED) is 0.699. The Morgan fingerprint density at radius 1 is 0.969 bits per heavy atom. The largest absolute Gasteiger partial charge is 0.497 e. The minimum Gasteiger partial charge on any atom is -0.497 e. The number of methoxy groups -OCH3 is 2. The van der Waals surface area contributed by atoms with Gasteiger partial charge in [-0.1, -0.05) is 6.42 Å². The Labute approximate surface area is 188 Å². The molecule has 5 fully saturated rings. The van der Waals surface area contributed by atoms with Crippen LogP contribution in [0.25, 0.3) is 0 Å². The summed E-state index contributed by atoms with van der Waals surface area (Å²) >= 11 is 0. The summed E-state index contributed by atoms with van der Waals surface area (Å²) in [7, 11) is 3.22. The van der Waals surface area contributed by atoms with Crippen molar-refractivity contribution >= 4 is 6.09 Å². The molecule has 1 aromatic carbocycles. The van der Waals surface area contributed by atoms with E-state index in [9.17, 15) is 4.79 Å². The summed E-state index contributed by atoms with van der Waals surface area (Å²) in [6, 6.07) is 5.61. The van der Waals surface area contributed by atoms with Gasteiger partial charge in [-0.05, 0) is 37.5 Å². The van der Waals surface area contributed by atoms with Crippen LogP contribution >= 0.6 is 0 Å². The number of hydrogen-bond acceptors (Lipinski definition) is 7. The number of hydrogen-bond donors (Lipinski definition) is 0. The molecule has 2 saturated carbocycles. The van der Waals surface area contributed by atoms with E-state index in [0.717, 1.165) is 31.2 Å². The van der Waals surface area contributed by atoms with Gasteiger partial charge in [0.2, 0.25) is 0 Å². The van der Waals surface area contributed by atoms with E-state index in [1.807, 2.05) is 25.1 Å². The normalized spacial score (nSPS) is 39.0. The summed E-state index contributed by atoms with van der Waals surface area (Å²) in [5.74, 6) is 0.868. The number of carbonyl (C=O) groups excluding carboxylic acids is 1. The molecule has 5 aliphatic rings. The van der Waals surface area contributed by atoms with Crippen LogP contribution in [0.1, 0.15) is 57.4 Å². The molecule has 0 N–H and O–H groups in total. The van der Waals surface area contributed by atoms with Gasteiger partial charge in [0.1, 0.15) is 17.6 Å².